The van der Waals surface area contributed by atoms with E-state index < -0.39 is 0 Å². The molecule has 0 aromatic carbocycles. The summed E-state index contributed by atoms with van der Waals surface area (Å²) in [5.41, 5.74) is 2.54. The van der Waals surface area contributed by atoms with Crippen LogP contribution in [-0.2, 0) is 6.42 Å². The number of aromatic amines is 1. The molecule has 0 aliphatic carbocycles. The lowest BCUT2D eigenvalue weighted by Crippen LogP contribution is -2.19. The molecule has 0 aliphatic heterocycles. The summed E-state index contributed by atoms with van der Waals surface area (Å²) >= 11 is 0. The van der Waals surface area contributed by atoms with Crippen molar-refractivity contribution in [3.63, 3.8) is 0 Å². The molecule has 4 nitrogen and oxygen atoms in total. The minimum Gasteiger partial charge on any atom is -0.290 e. The quantitative estimate of drug-likeness (QED) is 0.860. The molecule has 4 heteroatoms. The second kappa shape index (κ2) is 4.12. The predicted octanol–water partition coefficient (Wildman–Crippen LogP) is 2.26. The highest BCUT2D eigenvalue weighted by molar-refractivity contribution is 5.71. The monoisotopic (exact) mass is 219 g/mol. The number of aromatic nitrogens is 3. The molecule has 0 radical (unpaired) electrons. The van der Waals surface area contributed by atoms with E-state index in [0.29, 0.717) is 5.65 Å². The van der Waals surface area contributed by atoms with Gasteiger partial charge >= 0.3 is 5.69 Å². The van der Waals surface area contributed by atoms with Gasteiger partial charge in [-0.25, -0.2) is 9.78 Å². The van der Waals surface area contributed by atoms with Crippen LogP contribution in [0.1, 0.15) is 38.9 Å². The van der Waals surface area contributed by atoms with Crippen LogP contribution in [0.25, 0.3) is 11.2 Å². The van der Waals surface area contributed by atoms with Crippen LogP contribution in [0, 0.1) is 0 Å². The number of aryl methyl sites for hydroxylation is 1. The van der Waals surface area contributed by atoms with Crippen molar-refractivity contribution < 1.29 is 0 Å². The molecule has 0 aliphatic rings. The number of nitrogens with one attached hydrogen (secondary N) is 1. The van der Waals surface area contributed by atoms with Crippen LogP contribution in [0.5, 0.6) is 0 Å². The van der Waals surface area contributed by atoms with E-state index in [2.05, 4.69) is 23.8 Å². The molecule has 1 N–H and O–H groups in total. The van der Waals surface area contributed by atoms with Crippen molar-refractivity contribution in [1.29, 1.82) is 0 Å². The SMILES string of the molecule is CCc1ccc2c(n1)[nH]c(=O)n2C(C)CC. The average molecular weight is 219 g/mol. The zero-order chi connectivity index (χ0) is 11.7. The van der Waals surface area contributed by atoms with Crippen molar-refractivity contribution in [2.45, 2.75) is 39.7 Å². The smallest absolute Gasteiger partial charge is 0.290 e. The highest BCUT2D eigenvalue weighted by Gasteiger charge is 2.12. The Balaban J connectivity index is 2.67. The lowest BCUT2D eigenvalue weighted by Gasteiger charge is -2.10. The molecule has 2 aromatic heterocycles. The number of hydrogen-bond donors (Lipinski definition) is 1. The normalized spacial score (nSPS) is 13.2. The third-order valence-corrected chi connectivity index (χ3v) is 3.03. The maximum atomic E-state index is 11.8. The van der Waals surface area contributed by atoms with Crippen molar-refractivity contribution in [1.82, 2.24) is 14.5 Å². The second-order valence-corrected chi connectivity index (χ2v) is 4.08. The van der Waals surface area contributed by atoms with Gasteiger partial charge in [0.25, 0.3) is 0 Å². The van der Waals surface area contributed by atoms with Crippen molar-refractivity contribution in [2.75, 3.05) is 0 Å². The Kier molecular flexibility index (Phi) is 2.81. The Morgan fingerprint density at radius 3 is 2.81 bits per heavy atom. The third-order valence-electron chi connectivity index (χ3n) is 3.03. The van der Waals surface area contributed by atoms with Crippen LogP contribution in [0.4, 0.5) is 0 Å². The maximum Gasteiger partial charge on any atom is 0.327 e. The third kappa shape index (κ3) is 1.64. The molecule has 16 heavy (non-hydrogen) atoms. The second-order valence-electron chi connectivity index (χ2n) is 4.08. The van der Waals surface area contributed by atoms with Crippen LogP contribution in [0.2, 0.25) is 0 Å². The summed E-state index contributed by atoms with van der Waals surface area (Å²) in [5.74, 6) is 0. The topological polar surface area (TPSA) is 50.7 Å². The van der Waals surface area contributed by atoms with E-state index in [9.17, 15) is 4.79 Å². The van der Waals surface area contributed by atoms with Crippen molar-refractivity contribution in [3.8, 4) is 0 Å². The largest absolute Gasteiger partial charge is 0.327 e. The average Bonchev–Trinajstić information content (AvgIpc) is 2.62. The fraction of sp³-hybridized carbons (Fsp3) is 0.500. The van der Waals surface area contributed by atoms with E-state index >= 15 is 0 Å². The van der Waals surface area contributed by atoms with E-state index in [4.69, 9.17) is 0 Å². The Morgan fingerprint density at radius 1 is 1.44 bits per heavy atom. The lowest BCUT2D eigenvalue weighted by molar-refractivity contribution is 0.530. The first kappa shape index (κ1) is 10.9. The predicted molar refractivity (Wildman–Crippen MR) is 64.7 cm³/mol. The Hall–Kier alpha value is -1.58. The maximum absolute atomic E-state index is 11.8. The van der Waals surface area contributed by atoms with Gasteiger partial charge in [0, 0.05) is 11.7 Å². The Morgan fingerprint density at radius 2 is 2.19 bits per heavy atom. The van der Waals surface area contributed by atoms with Gasteiger partial charge in [-0.15, -0.1) is 0 Å². The van der Waals surface area contributed by atoms with Crippen LogP contribution in [-0.4, -0.2) is 14.5 Å². The van der Waals surface area contributed by atoms with Crippen LogP contribution in [0.3, 0.4) is 0 Å². The highest BCUT2D eigenvalue weighted by atomic mass is 16.1. The van der Waals surface area contributed by atoms with Gasteiger partial charge in [-0.05, 0) is 31.9 Å². The molecular weight excluding hydrogens is 202 g/mol. The summed E-state index contributed by atoms with van der Waals surface area (Å²) in [5, 5.41) is 0. The fourth-order valence-electron chi connectivity index (χ4n) is 1.87. The molecule has 86 valence electrons. The fourth-order valence-corrected chi connectivity index (χ4v) is 1.87. The molecule has 1 unspecified atom stereocenters. The van der Waals surface area contributed by atoms with Gasteiger partial charge in [0.15, 0.2) is 5.65 Å². The molecule has 2 rings (SSSR count). The lowest BCUT2D eigenvalue weighted by atomic mass is 10.2. The molecule has 0 fully saturated rings. The summed E-state index contributed by atoms with van der Waals surface area (Å²) in [6, 6.07) is 4.16. The first-order chi connectivity index (χ1) is 7.67. The van der Waals surface area contributed by atoms with Gasteiger partial charge in [0.2, 0.25) is 0 Å². The van der Waals surface area contributed by atoms with Crippen molar-refractivity contribution in [3.05, 3.63) is 28.3 Å². The first-order valence-electron chi connectivity index (χ1n) is 5.77. The minimum atomic E-state index is -0.0647. The highest BCUT2D eigenvalue weighted by Crippen LogP contribution is 2.16. The summed E-state index contributed by atoms with van der Waals surface area (Å²) in [6.07, 6.45) is 1.81. The van der Waals surface area contributed by atoms with E-state index in [1.54, 1.807) is 4.57 Å². The van der Waals surface area contributed by atoms with Crippen molar-refractivity contribution >= 4 is 11.2 Å². The molecule has 1 atom stereocenters. The molecule has 2 heterocycles. The van der Waals surface area contributed by atoms with Gasteiger partial charge in [0.05, 0.1) is 5.52 Å². The first-order valence-corrected chi connectivity index (χ1v) is 5.77. The van der Waals surface area contributed by atoms with Gasteiger partial charge in [-0.2, -0.15) is 0 Å². The van der Waals surface area contributed by atoms with Crippen LogP contribution in [0.15, 0.2) is 16.9 Å². The zero-order valence-electron chi connectivity index (χ0n) is 9.95. The molecular formula is C12H17N3O. The molecule has 0 saturated carbocycles. The van der Waals surface area contributed by atoms with E-state index in [1.807, 2.05) is 19.1 Å². The number of nitrogens with zero attached hydrogens (tertiary/aromatic N) is 2. The van der Waals surface area contributed by atoms with Crippen LogP contribution >= 0.6 is 0 Å². The van der Waals surface area contributed by atoms with Crippen molar-refractivity contribution in [2.24, 2.45) is 0 Å². The van der Waals surface area contributed by atoms with Gasteiger partial charge in [0.1, 0.15) is 0 Å². The minimum absolute atomic E-state index is 0.0647. The van der Waals surface area contributed by atoms with E-state index in [0.717, 1.165) is 24.1 Å². The number of imidazole rings is 1. The number of rotatable bonds is 3. The number of H-pyrrole nitrogens is 1. The van der Waals surface area contributed by atoms with Gasteiger partial charge in [-0.3, -0.25) is 9.55 Å². The summed E-state index contributed by atoms with van der Waals surface area (Å²) < 4.78 is 1.78. The summed E-state index contributed by atoms with van der Waals surface area (Å²) in [6.45, 7) is 6.17. The standard InChI is InChI=1S/C12H17N3O/c1-4-8(3)15-10-7-6-9(5-2)13-11(10)14-12(15)16/h6-8H,4-5H2,1-3H3,(H,13,14,16). The van der Waals surface area contributed by atoms with E-state index in [-0.39, 0.29) is 11.7 Å². The zero-order valence-corrected chi connectivity index (χ0v) is 9.95. The van der Waals surface area contributed by atoms with Gasteiger partial charge < -0.3 is 0 Å². The number of pyridine rings is 1. The molecule has 0 spiro atoms. The molecule has 0 bridgehead atoms. The number of fused-ring (bicyclic) bond motifs is 1. The number of hydrogen-bond acceptors (Lipinski definition) is 2. The van der Waals surface area contributed by atoms with Gasteiger partial charge in [-0.1, -0.05) is 13.8 Å². The van der Waals surface area contributed by atoms with E-state index in [1.165, 1.54) is 0 Å². The van der Waals surface area contributed by atoms with Crippen LogP contribution < -0.4 is 5.69 Å². The molecule has 0 amide bonds. The molecule has 2 aromatic rings. The Labute approximate surface area is 94.3 Å². The Bertz CT molecular complexity index is 553. The summed E-state index contributed by atoms with van der Waals surface area (Å²) in [4.78, 5) is 19.0. The summed E-state index contributed by atoms with van der Waals surface area (Å²) in [7, 11) is 0. The molecule has 0 saturated heterocycles.